The molecule has 0 unspecified atom stereocenters. The zero-order valence-electron chi connectivity index (χ0n) is 20.5. The minimum atomic E-state index is -1.19. The van der Waals surface area contributed by atoms with E-state index in [0.717, 1.165) is 31.5 Å². The molecule has 8 nitrogen and oxygen atoms in total. The lowest BCUT2D eigenvalue weighted by molar-refractivity contribution is -0.139. The third kappa shape index (κ3) is 7.24. The Morgan fingerprint density at radius 1 is 0.921 bits per heavy atom. The molecule has 1 aromatic heterocycles. The van der Waals surface area contributed by atoms with Crippen molar-refractivity contribution in [3.8, 4) is 0 Å². The second kappa shape index (κ2) is 12.8. The van der Waals surface area contributed by atoms with Crippen molar-refractivity contribution in [1.82, 2.24) is 10.3 Å². The van der Waals surface area contributed by atoms with Gasteiger partial charge in [0.05, 0.1) is 15.6 Å². The highest BCUT2D eigenvalue weighted by atomic mass is 35.5. The van der Waals surface area contributed by atoms with Crippen molar-refractivity contribution in [1.29, 1.82) is 0 Å². The molecule has 1 aliphatic carbocycles. The fraction of sp³-hybridized carbons (Fsp3) is 0.286. The van der Waals surface area contributed by atoms with Gasteiger partial charge >= 0.3 is 5.97 Å². The van der Waals surface area contributed by atoms with E-state index in [-0.39, 0.29) is 33.9 Å². The van der Waals surface area contributed by atoms with Crippen LogP contribution in [0.4, 0.5) is 11.5 Å². The lowest BCUT2D eigenvalue weighted by Gasteiger charge is -2.28. The lowest BCUT2D eigenvalue weighted by atomic mass is 9.85. The van der Waals surface area contributed by atoms with Gasteiger partial charge in [-0.2, -0.15) is 0 Å². The number of carboxylic acid groups (broad SMARTS) is 1. The van der Waals surface area contributed by atoms with E-state index < -0.39 is 17.9 Å². The highest BCUT2D eigenvalue weighted by Gasteiger charge is 2.27. The molecule has 0 saturated heterocycles. The van der Waals surface area contributed by atoms with E-state index in [2.05, 4.69) is 20.9 Å². The molecular weight excluding hydrogens is 527 g/mol. The summed E-state index contributed by atoms with van der Waals surface area (Å²) in [7, 11) is 0. The van der Waals surface area contributed by atoms with Crippen molar-refractivity contribution >= 4 is 52.5 Å². The predicted molar refractivity (Wildman–Crippen MR) is 148 cm³/mol. The Hall–Kier alpha value is -3.62. The molecule has 0 radical (unpaired) electrons. The van der Waals surface area contributed by atoms with Gasteiger partial charge in [-0.25, -0.2) is 9.78 Å². The second-order valence-corrected chi connectivity index (χ2v) is 10.1. The summed E-state index contributed by atoms with van der Waals surface area (Å²) in [6.07, 6.45) is 5.13. The Bertz CT molecular complexity index is 1260. The number of hydrogen-bond acceptors (Lipinski definition) is 5. The molecule has 198 valence electrons. The topological polar surface area (TPSA) is 120 Å². The number of halogens is 2. The molecule has 38 heavy (non-hydrogen) atoms. The van der Waals surface area contributed by atoms with Crippen molar-refractivity contribution in [3.05, 3.63) is 88.0 Å². The fourth-order valence-corrected chi connectivity index (χ4v) is 5.08. The van der Waals surface area contributed by atoms with Gasteiger partial charge in [-0.05, 0) is 67.6 Å². The minimum absolute atomic E-state index is 0.0265. The first-order valence-electron chi connectivity index (χ1n) is 12.3. The van der Waals surface area contributed by atoms with Crippen LogP contribution in [0.3, 0.4) is 0 Å². The molecule has 1 fully saturated rings. The van der Waals surface area contributed by atoms with Gasteiger partial charge in [-0.3, -0.25) is 9.59 Å². The Morgan fingerprint density at radius 3 is 2.21 bits per heavy atom. The average molecular weight is 555 g/mol. The van der Waals surface area contributed by atoms with E-state index in [1.165, 1.54) is 12.1 Å². The monoisotopic (exact) mass is 554 g/mol. The maximum Gasteiger partial charge on any atom is 0.326 e. The molecule has 4 rings (SSSR count). The lowest BCUT2D eigenvalue weighted by Crippen LogP contribution is -2.42. The summed E-state index contributed by atoms with van der Waals surface area (Å²) in [4.78, 5) is 41.5. The van der Waals surface area contributed by atoms with Crippen LogP contribution >= 0.6 is 23.2 Å². The van der Waals surface area contributed by atoms with Gasteiger partial charge in [-0.1, -0.05) is 47.5 Å². The van der Waals surface area contributed by atoms with Gasteiger partial charge in [-0.15, -0.1) is 0 Å². The van der Waals surface area contributed by atoms with Crippen LogP contribution in [0.1, 0.15) is 41.6 Å². The maximum atomic E-state index is 12.8. The summed E-state index contributed by atoms with van der Waals surface area (Å²) < 4.78 is 0. The number of anilines is 2. The molecule has 4 N–H and O–H groups in total. The number of aliphatic carboxylic acids is 1. The zero-order valence-corrected chi connectivity index (χ0v) is 22.0. The van der Waals surface area contributed by atoms with Crippen molar-refractivity contribution in [2.45, 2.75) is 44.2 Å². The minimum Gasteiger partial charge on any atom is -0.480 e. The van der Waals surface area contributed by atoms with E-state index in [1.807, 2.05) is 18.2 Å². The zero-order chi connectivity index (χ0) is 27.1. The normalized spacial score (nSPS) is 17.7. The molecule has 1 atom stereocenters. The summed E-state index contributed by atoms with van der Waals surface area (Å²) in [6, 6.07) is 16.4. The molecule has 2 amide bonds. The quantitative estimate of drug-likeness (QED) is 0.280. The molecule has 1 aliphatic rings. The standard InChI is InChI=1S/C28H28Cl2N4O4/c29-21-4-3-5-22(30)25(21)27(36)34-23(28(37)38)16-17-7-11-20(12-8-17)33-26(35)18-9-13-19(14-10-18)32-24-6-1-2-15-31-24/h1-8,11-12,15,18-19,23H,9-10,13-14,16H2,(H,31,32)(H,33,35)(H,34,36)(H,37,38)/t18-,19+,23-/m0/s1. The molecule has 0 aliphatic heterocycles. The summed E-state index contributed by atoms with van der Waals surface area (Å²) in [5, 5.41) is 18.8. The van der Waals surface area contributed by atoms with Crippen LogP contribution in [-0.2, 0) is 16.0 Å². The van der Waals surface area contributed by atoms with E-state index in [1.54, 1.807) is 36.5 Å². The van der Waals surface area contributed by atoms with Gasteiger partial charge in [0.25, 0.3) is 5.91 Å². The fourth-order valence-electron chi connectivity index (χ4n) is 4.51. The first-order valence-corrected chi connectivity index (χ1v) is 13.1. The van der Waals surface area contributed by atoms with Crippen molar-refractivity contribution < 1.29 is 19.5 Å². The van der Waals surface area contributed by atoms with Crippen LogP contribution in [0.2, 0.25) is 10.0 Å². The van der Waals surface area contributed by atoms with Gasteiger partial charge in [0.1, 0.15) is 11.9 Å². The first-order chi connectivity index (χ1) is 18.3. The molecule has 3 aromatic rings. The molecule has 1 heterocycles. The Balaban J connectivity index is 1.29. The van der Waals surface area contributed by atoms with Gasteiger partial charge in [0.2, 0.25) is 5.91 Å². The first kappa shape index (κ1) is 27.4. The van der Waals surface area contributed by atoms with Crippen LogP contribution in [0.15, 0.2) is 66.9 Å². The largest absolute Gasteiger partial charge is 0.480 e. The van der Waals surface area contributed by atoms with Crippen LogP contribution in [0.5, 0.6) is 0 Å². The summed E-state index contributed by atoms with van der Waals surface area (Å²) in [5.41, 5.74) is 1.34. The van der Waals surface area contributed by atoms with E-state index in [0.29, 0.717) is 17.3 Å². The van der Waals surface area contributed by atoms with Gasteiger partial charge in [0, 0.05) is 30.3 Å². The smallest absolute Gasteiger partial charge is 0.326 e. The Morgan fingerprint density at radius 2 is 1.61 bits per heavy atom. The molecule has 10 heteroatoms. The maximum absolute atomic E-state index is 12.8. The number of aromatic nitrogens is 1. The molecule has 0 spiro atoms. The predicted octanol–water partition coefficient (Wildman–Crippen LogP) is 5.42. The number of nitrogens with zero attached hydrogens (tertiary/aromatic N) is 1. The molecule has 0 bridgehead atoms. The number of carboxylic acids is 1. The Labute approximate surface area is 230 Å². The number of carbonyl (C=O) groups excluding carboxylic acids is 2. The van der Waals surface area contributed by atoms with E-state index >= 15 is 0 Å². The van der Waals surface area contributed by atoms with Crippen molar-refractivity contribution in [3.63, 3.8) is 0 Å². The number of pyridine rings is 1. The third-order valence-electron chi connectivity index (χ3n) is 6.57. The number of hydrogen-bond donors (Lipinski definition) is 4. The Kier molecular flexibility index (Phi) is 9.20. The number of nitrogens with one attached hydrogen (secondary N) is 3. The highest BCUT2D eigenvalue weighted by Crippen LogP contribution is 2.28. The highest BCUT2D eigenvalue weighted by molar-refractivity contribution is 6.39. The average Bonchev–Trinajstić information content (AvgIpc) is 2.90. The third-order valence-corrected chi connectivity index (χ3v) is 7.20. The number of carbonyl (C=O) groups is 3. The SMILES string of the molecule is O=C(N[C@@H](Cc1ccc(NC(=O)[C@H]2CC[C@@H](Nc3ccccn3)CC2)cc1)C(=O)O)c1c(Cl)cccc1Cl. The molecule has 2 aromatic carbocycles. The van der Waals surface area contributed by atoms with Crippen LogP contribution in [0.25, 0.3) is 0 Å². The summed E-state index contributed by atoms with van der Waals surface area (Å²) in [5.74, 6) is -1.10. The summed E-state index contributed by atoms with van der Waals surface area (Å²) in [6.45, 7) is 0. The van der Waals surface area contributed by atoms with Crippen LogP contribution < -0.4 is 16.0 Å². The second-order valence-electron chi connectivity index (χ2n) is 9.26. The van der Waals surface area contributed by atoms with Gasteiger partial charge in [0.15, 0.2) is 0 Å². The van der Waals surface area contributed by atoms with Crippen LogP contribution in [0, 0.1) is 5.92 Å². The van der Waals surface area contributed by atoms with Crippen molar-refractivity contribution in [2.24, 2.45) is 5.92 Å². The molecule has 1 saturated carbocycles. The number of amides is 2. The number of rotatable bonds is 9. The van der Waals surface area contributed by atoms with Gasteiger partial charge < -0.3 is 21.1 Å². The van der Waals surface area contributed by atoms with Crippen molar-refractivity contribution in [2.75, 3.05) is 10.6 Å². The number of benzene rings is 2. The van der Waals surface area contributed by atoms with E-state index in [9.17, 15) is 19.5 Å². The molecular formula is C28H28Cl2N4O4. The van der Waals surface area contributed by atoms with E-state index in [4.69, 9.17) is 23.2 Å². The van der Waals surface area contributed by atoms with Crippen LogP contribution in [-0.4, -0.2) is 40.0 Å². The summed E-state index contributed by atoms with van der Waals surface area (Å²) >= 11 is 12.1.